The summed E-state index contributed by atoms with van der Waals surface area (Å²) in [5.74, 6) is -2.34. The van der Waals surface area contributed by atoms with Gasteiger partial charge >= 0.3 is 5.97 Å². The number of carbonyl (C=O) groups is 1. The number of carboxylic acid groups (broad SMARTS) is 1. The second-order valence-electron chi connectivity index (χ2n) is 6.60. The average Bonchev–Trinajstić information content (AvgIpc) is 2.34. The van der Waals surface area contributed by atoms with Crippen molar-refractivity contribution in [1.29, 1.82) is 0 Å². The highest BCUT2D eigenvalue weighted by Gasteiger charge is 2.32. The normalized spacial score (nSPS) is 13.2. The molecule has 0 aliphatic carbocycles. The summed E-state index contributed by atoms with van der Waals surface area (Å²) in [6.45, 7) is 10.7. The van der Waals surface area contributed by atoms with Crippen LogP contribution in [0.4, 0.5) is 0 Å². The molecule has 0 radical (unpaired) electrons. The zero-order valence-corrected chi connectivity index (χ0v) is 15.7. The van der Waals surface area contributed by atoms with E-state index >= 15 is 0 Å². The maximum atomic E-state index is 11.5. The van der Waals surface area contributed by atoms with Crippen LogP contribution in [0.25, 0.3) is 0 Å². The third-order valence-corrected chi connectivity index (χ3v) is 4.38. The van der Waals surface area contributed by atoms with Crippen molar-refractivity contribution in [2.45, 2.75) is 51.8 Å². The van der Waals surface area contributed by atoms with E-state index in [4.69, 9.17) is 16.6 Å². The fourth-order valence-corrected chi connectivity index (χ4v) is 3.26. The summed E-state index contributed by atoms with van der Waals surface area (Å²) >= 11 is 4.76. The molecule has 2 N–H and O–H groups in total. The second kappa shape index (κ2) is 7.35. The van der Waals surface area contributed by atoms with Crippen molar-refractivity contribution < 1.29 is 19.4 Å². The molecule has 0 spiro atoms. The Morgan fingerprint density at radius 1 is 1.32 bits per heavy atom. The minimum Gasteiger partial charge on any atom is -0.501 e. The van der Waals surface area contributed by atoms with Crippen molar-refractivity contribution in [3.63, 3.8) is 0 Å². The van der Waals surface area contributed by atoms with Crippen molar-refractivity contribution in [3.05, 3.63) is 34.9 Å². The number of carboxylic acids is 1. The zero-order valence-electron chi connectivity index (χ0n) is 13.7. The number of rotatable bonds is 6. The summed E-state index contributed by atoms with van der Waals surface area (Å²) in [7, 11) is -1.19. The Morgan fingerprint density at radius 2 is 1.91 bits per heavy atom. The third kappa shape index (κ3) is 4.63. The molecule has 0 bridgehead atoms. The van der Waals surface area contributed by atoms with Gasteiger partial charge in [-0.1, -0.05) is 39.0 Å². The Balaban J connectivity index is 3.47. The van der Waals surface area contributed by atoms with Gasteiger partial charge in [0.1, 0.15) is 5.92 Å². The molecule has 122 valence electrons. The molecular weight excluding hydrogens is 316 g/mol. The number of thiocarbonyl (C=S) groups is 1. The van der Waals surface area contributed by atoms with E-state index in [1.165, 1.54) is 0 Å². The summed E-state index contributed by atoms with van der Waals surface area (Å²) < 4.78 is 5.82. The number of hydrogen-bond acceptors (Lipinski definition) is 3. The topological polar surface area (TPSA) is 66.8 Å². The molecule has 22 heavy (non-hydrogen) atoms. The van der Waals surface area contributed by atoms with Crippen LogP contribution in [0.2, 0.25) is 13.1 Å². The molecule has 0 aromatic heterocycles. The van der Waals surface area contributed by atoms with Crippen molar-refractivity contribution >= 4 is 32.3 Å². The minimum atomic E-state index is -1.19. The van der Waals surface area contributed by atoms with Crippen molar-refractivity contribution in [1.82, 2.24) is 0 Å². The average molecular weight is 341 g/mol. The highest BCUT2D eigenvalue weighted by atomic mass is 32.1. The molecule has 1 aromatic carbocycles. The number of aliphatic carboxylic acids is 1. The van der Waals surface area contributed by atoms with Crippen LogP contribution in [0.5, 0.6) is 0 Å². The first-order valence-electron chi connectivity index (χ1n) is 7.25. The van der Waals surface area contributed by atoms with Crippen LogP contribution < -0.4 is 0 Å². The number of hydrogen-bond donors (Lipinski definition) is 2. The van der Waals surface area contributed by atoms with Gasteiger partial charge < -0.3 is 14.6 Å². The summed E-state index contributed by atoms with van der Waals surface area (Å²) in [5, 5.41) is 18.6. The molecule has 6 heteroatoms. The van der Waals surface area contributed by atoms with E-state index in [-0.39, 0.29) is 5.41 Å². The highest BCUT2D eigenvalue weighted by molar-refractivity contribution is 7.80. The zero-order chi connectivity index (χ0) is 17.1. The van der Waals surface area contributed by atoms with E-state index in [1.54, 1.807) is 12.1 Å². The minimum absolute atomic E-state index is 0.285. The lowest BCUT2D eigenvalue weighted by molar-refractivity contribution is -0.137. The monoisotopic (exact) mass is 340 g/mol. The number of aliphatic hydroxyl groups excluding tert-OH is 1. The van der Waals surface area contributed by atoms with Crippen LogP contribution in [0.1, 0.15) is 43.4 Å². The van der Waals surface area contributed by atoms with Gasteiger partial charge in [-0.2, -0.15) is 0 Å². The van der Waals surface area contributed by atoms with Gasteiger partial charge in [0.15, 0.2) is 14.1 Å². The first kappa shape index (κ1) is 18.8. The van der Waals surface area contributed by atoms with Gasteiger partial charge in [-0.25, -0.2) is 0 Å². The van der Waals surface area contributed by atoms with E-state index in [0.717, 1.165) is 11.1 Å². The lowest BCUT2D eigenvalue weighted by Gasteiger charge is -2.28. The van der Waals surface area contributed by atoms with E-state index in [1.807, 2.05) is 26.8 Å². The predicted molar refractivity (Wildman–Crippen MR) is 94.4 cm³/mol. The lowest BCUT2D eigenvalue weighted by atomic mass is 9.77. The van der Waals surface area contributed by atoms with Gasteiger partial charge in [0, 0.05) is 0 Å². The molecule has 1 unspecified atom stereocenters. The van der Waals surface area contributed by atoms with Crippen LogP contribution >= 0.6 is 12.2 Å². The smallest absolute Gasteiger partial charge is 0.319 e. The molecule has 0 aliphatic rings. The van der Waals surface area contributed by atoms with Gasteiger partial charge in [-0.05, 0) is 47.4 Å². The summed E-state index contributed by atoms with van der Waals surface area (Å²) in [5.41, 5.74) is 2.09. The van der Waals surface area contributed by atoms with E-state index in [9.17, 15) is 15.0 Å². The first-order chi connectivity index (χ1) is 10.1. The number of benzene rings is 1. The van der Waals surface area contributed by atoms with Crippen LogP contribution in [0.3, 0.4) is 0 Å². The van der Waals surface area contributed by atoms with Crippen molar-refractivity contribution in [2.75, 3.05) is 0 Å². The maximum Gasteiger partial charge on any atom is 0.319 e. The van der Waals surface area contributed by atoms with E-state index < -0.39 is 26.0 Å². The SMILES string of the molecule is C[SiH](C)OCc1cccc(C(C(=O)O)C(O)=S)c1C(C)(C)C. The molecule has 0 saturated heterocycles. The lowest BCUT2D eigenvalue weighted by Crippen LogP contribution is -2.26. The van der Waals surface area contributed by atoms with Gasteiger partial charge in [0.05, 0.1) is 6.61 Å². The fourth-order valence-electron chi connectivity index (χ4n) is 2.52. The quantitative estimate of drug-likeness (QED) is 0.612. The summed E-state index contributed by atoms with van der Waals surface area (Å²) in [6, 6.07) is 5.46. The molecule has 0 fully saturated rings. The van der Waals surface area contributed by atoms with Gasteiger partial charge in [-0.15, -0.1) is 0 Å². The van der Waals surface area contributed by atoms with Crippen LogP contribution in [0.15, 0.2) is 18.2 Å². The molecule has 1 atom stereocenters. The Labute approximate surface area is 138 Å². The fraction of sp³-hybridized carbons (Fsp3) is 0.500. The Hall–Kier alpha value is -1.24. The molecule has 1 rings (SSSR count). The molecule has 0 heterocycles. The predicted octanol–water partition coefficient (Wildman–Crippen LogP) is 3.54. The second-order valence-corrected chi connectivity index (χ2v) is 9.45. The summed E-state index contributed by atoms with van der Waals surface area (Å²) in [6.07, 6.45) is 0. The van der Waals surface area contributed by atoms with Crippen molar-refractivity contribution in [3.8, 4) is 0 Å². The largest absolute Gasteiger partial charge is 0.501 e. The number of aliphatic hydroxyl groups is 1. The maximum absolute atomic E-state index is 11.5. The third-order valence-electron chi connectivity index (χ3n) is 3.31. The van der Waals surface area contributed by atoms with Crippen LogP contribution in [-0.2, 0) is 21.2 Å². The van der Waals surface area contributed by atoms with E-state index in [2.05, 4.69) is 13.1 Å². The standard InChI is InChI=1S/C16H24O4SSi/c1-16(2,3)13-10(9-20-22(4)5)7-6-8-11(13)12(14(17)18)15(19)21/h6-8,12,22H,9H2,1-5H3,(H,17,18)(H,19,21). The van der Waals surface area contributed by atoms with Gasteiger partial charge in [-0.3, -0.25) is 4.79 Å². The van der Waals surface area contributed by atoms with Gasteiger partial charge in [0.25, 0.3) is 0 Å². The molecule has 0 amide bonds. The van der Waals surface area contributed by atoms with Crippen LogP contribution in [0, 0.1) is 0 Å². The molecule has 0 aliphatic heterocycles. The van der Waals surface area contributed by atoms with Crippen LogP contribution in [-0.4, -0.2) is 30.3 Å². The molecule has 4 nitrogen and oxygen atoms in total. The Kier molecular flexibility index (Phi) is 6.28. The molecule has 0 saturated carbocycles. The molecule has 1 aromatic rings. The van der Waals surface area contributed by atoms with Crippen molar-refractivity contribution in [2.24, 2.45) is 0 Å². The Bertz CT molecular complexity index is 550. The Morgan fingerprint density at radius 3 is 2.32 bits per heavy atom. The molecular formula is C16H24O4SSi. The highest BCUT2D eigenvalue weighted by Crippen LogP contribution is 2.34. The summed E-state index contributed by atoms with van der Waals surface area (Å²) in [4.78, 5) is 11.5. The van der Waals surface area contributed by atoms with Gasteiger partial charge in [0.2, 0.25) is 0 Å². The first-order valence-corrected chi connectivity index (χ1v) is 10.4. The van der Waals surface area contributed by atoms with E-state index in [0.29, 0.717) is 12.2 Å².